The van der Waals surface area contributed by atoms with E-state index in [-0.39, 0.29) is 61.2 Å². The van der Waals surface area contributed by atoms with Crippen LogP contribution in [0.25, 0.3) is 44.8 Å². The van der Waals surface area contributed by atoms with Crippen molar-refractivity contribution >= 4 is 91.2 Å². The first-order valence-corrected chi connectivity index (χ1v) is 35.1. The lowest BCUT2D eigenvalue weighted by Gasteiger charge is -2.34. The molecule has 1 fully saturated rings. The van der Waals surface area contributed by atoms with Crippen LogP contribution in [0, 0.1) is 0 Å². The summed E-state index contributed by atoms with van der Waals surface area (Å²) >= 11 is 0. The predicted molar refractivity (Wildman–Crippen MR) is 338 cm³/mol. The minimum absolute atomic E-state index is 0.0378. The Hall–Kier alpha value is -7.60. The number of benzene rings is 5. The van der Waals surface area contributed by atoms with Crippen LogP contribution in [0.15, 0.2) is 143 Å². The zero-order valence-corrected chi connectivity index (χ0v) is 52.8. The zero-order valence-electron chi connectivity index (χ0n) is 49.5. The molecule has 89 heavy (non-hydrogen) atoms. The molecule has 0 spiro atoms. The topological polar surface area (TPSA) is 332 Å². The number of hydrogen-bond donors (Lipinski definition) is 5. The summed E-state index contributed by atoms with van der Waals surface area (Å²) in [5.41, 5.74) is 7.94. The fourth-order valence-corrected chi connectivity index (χ4v) is 14.0. The summed E-state index contributed by atoms with van der Waals surface area (Å²) in [5, 5.41) is 2.90. The lowest BCUT2D eigenvalue weighted by molar-refractivity contribution is -0.437. The Bertz CT molecular complexity index is 4460. The van der Waals surface area contributed by atoms with Gasteiger partial charge in [-0.3, -0.25) is 13.9 Å². The van der Waals surface area contributed by atoms with Crippen molar-refractivity contribution in [1.82, 2.24) is 30.2 Å². The molecule has 2 aromatic heterocycles. The van der Waals surface area contributed by atoms with Crippen LogP contribution >= 0.6 is 0 Å². The van der Waals surface area contributed by atoms with Gasteiger partial charge in [0.25, 0.3) is 20.2 Å². The number of piperazine rings is 1. The van der Waals surface area contributed by atoms with Crippen LogP contribution in [-0.2, 0) is 56.1 Å². The van der Waals surface area contributed by atoms with Crippen molar-refractivity contribution in [2.75, 3.05) is 80.8 Å². The second-order valence-corrected chi connectivity index (χ2v) is 29.2. The maximum Gasteiger partial charge on any atom is 0.294 e. The smallest absolute Gasteiger partial charge is 0.294 e. The average molecular weight is 1290 g/mol. The van der Waals surface area contributed by atoms with E-state index in [0.717, 1.165) is 65.2 Å². The van der Waals surface area contributed by atoms with E-state index in [0.29, 0.717) is 64.7 Å². The number of likely N-dealkylation sites (N-methyl/N-ethyl adjacent to an activating group) is 1. The van der Waals surface area contributed by atoms with E-state index >= 15 is 0 Å². The highest BCUT2D eigenvalue weighted by Crippen LogP contribution is 2.52. The number of carbonyl (C=O) groups is 1. The molecular weight excluding hydrogens is 1220 g/mol. The fourth-order valence-electron chi connectivity index (χ4n) is 12.0. The molecule has 5 N–H and O–H groups in total. The van der Waals surface area contributed by atoms with E-state index in [4.69, 9.17) is 14.7 Å². The lowest BCUT2D eigenvalue weighted by atomic mass is 9.77. The van der Waals surface area contributed by atoms with Crippen molar-refractivity contribution in [1.29, 1.82) is 0 Å². The molecule has 0 aliphatic carbocycles. The molecule has 5 heterocycles. The number of ether oxygens (including phenoxy) is 1. The van der Waals surface area contributed by atoms with Gasteiger partial charge in [-0.05, 0) is 150 Å². The van der Waals surface area contributed by atoms with Crippen molar-refractivity contribution in [3.05, 3.63) is 144 Å². The summed E-state index contributed by atoms with van der Waals surface area (Å²) in [6.07, 6.45) is 9.83. The molecule has 3 aliphatic rings. The Labute approximate surface area is 517 Å². The number of hydrogen-bond acceptors (Lipinski definition) is 17. The number of allylic oxidation sites excluding steroid dienone is 6. The lowest BCUT2D eigenvalue weighted by Crippen LogP contribution is -2.44. The summed E-state index contributed by atoms with van der Waals surface area (Å²) in [5.74, 6) is 0.522. The monoisotopic (exact) mass is 1290 g/mol. The fraction of sp³-hybridized carbons (Fsp3) is 0.355. The number of H-pyrrole nitrogens is 2. The van der Waals surface area contributed by atoms with Gasteiger partial charge in [-0.1, -0.05) is 24.6 Å². The second-order valence-electron chi connectivity index (χ2n) is 23.3. The Morgan fingerprint density at radius 3 is 2.00 bits per heavy atom. The number of nitrogens with zero attached hydrogens (tertiary/aromatic N) is 6. The Kier molecular flexibility index (Phi) is 18.6. The standard InChI is InChI=1S/C62H71N9O14S4/c1-61(2)48-40-46(88(79,80)81)21-25-54(48)70(29-10-36-86(73,74)75)56(61)12-6-5-7-13-57-62(3,49-41-47(89(82,83)84)22-26-55(49)71(57)30-11-37-87(76,77)78)27-9-8-14-58(72)63-28-35-85-45-19-15-42(16-20-45)59-64-50-23-17-43(38-52(50)66-59)60-65-51-24-18-44(39-53(51)67-60)69-33-31-68(4)32-34-69/h5-7,12-13,15-26,38-41H,8-11,14,27-37H2,1-4H3,(H6-,63,64,65,66,67,72,73,74,75,76,77,78,79,80,81,82,83,84)/p-1. The number of aromatic amines is 2. The largest absolute Gasteiger partial charge is 0.748 e. The molecular formula is C62H70N9O14S4-. The number of imidazole rings is 2. The molecule has 5 aromatic carbocycles. The summed E-state index contributed by atoms with van der Waals surface area (Å²) < 4.78 is 147. The molecule has 0 saturated carbocycles. The molecule has 23 nitrogen and oxygen atoms in total. The van der Waals surface area contributed by atoms with E-state index < -0.39 is 62.8 Å². The van der Waals surface area contributed by atoms with E-state index in [1.165, 1.54) is 42.1 Å². The Balaban J connectivity index is 0.777. The van der Waals surface area contributed by atoms with Gasteiger partial charge < -0.3 is 43.8 Å². The molecule has 1 saturated heterocycles. The molecule has 7 aromatic rings. The molecule has 0 radical (unpaired) electrons. The van der Waals surface area contributed by atoms with Crippen LogP contribution in [0.4, 0.5) is 17.1 Å². The molecule has 27 heteroatoms. The van der Waals surface area contributed by atoms with Crippen molar-refractivity contribution in [3.63, 3.8) is 0 Å². The van der Waals surface area contributed by atoms with E-state index in [2.05, 4.69) is 50.3 Å². The number of fused-ring (bicyclic) bond motifs is 4. The molecule has 1 amide bonds. The quantitative estimate of drug-likeness (QED) is 0.0158. The molecule has 3 aliphatic heterocycles. The van der Waals surface area contributed by atoms with Crippen molar-refractivity contribution < 1.29 is 66.0 Å². The number of unbranched alkanes of at least 4 members (excludes halogenated alkanes) is 1. The van der Waals surface area contributed by atoms with E-state index in [1.807, 2.05) is 63.2 Å². The molecule has 1 unspecified atom stereocenters. The highest BCUT2D eigenvalue weighted by Gasteiger charge is 2.46. The van der Waals surface area contributed by atoms with Crippen molar-refractivity contribution in [3.8, 4) is 28.5 Å². The van der Waals surface area contributed by atoms with Gasteiger partial charge in [0.05, 0.1) is 64.1 Å². The summed E-state index contributed by atoms with van der Waals surface area (Å²) in [6, 6.07) is 28.0. The molecule has 1 atom stereocenters. The zero-order chi connectivity index (χ0) is 63.7. The molecule has 10 rings (SSSR count). The van der Waals surface area contributed by atoms with Gasteiger partial charge in [-0.25, -0.2) is 26.8 Å². The van der Waals surface area contributed by atoms with Crippen LogP contribution in [-0.4, -0.2) is 164 Å². The van der Waals surface area contributed by atoms with Gasteiger partial charge in [-0.2, -0.15) is 21.4 Å². The maximum absolute atomic E-state index is 13.2. The van der Waals surface area contributed by atoms with Gasteiger partial charge in [0.2, 0.25) is 11.6 Å². The van der Waals surface area contributed by atoms with Crippen LogP contribution in [0.2, 0.25) is 0 Å². The third-order valence-electron chi connectivity index (χ3n) is 16.7. The number of nitrogens with one attached hydrogen (secondary N) is 3. The number of rotatable bonds is 25. The number of amides is 1. The number of anilines is 2. The first-order valence-electron chi connectivity index (χ1n) is 29.1. The second kappa shape index (κ2) is 25.7. The minimum atomic E-state index is -4.68. The average Bonchev–Trinajstić information content (AvgIpc) is 1.67. The van der Waals surface area contributed by atoms with Crippen LogP contribution < -0.4 is 19.9 Å². The maximum atomic E-state index is 13.2. The highest BCUT2D eigenvalue weighted by atomic mass is 32.2. The summed E-state index contributed by atoms with van der Waals surface area (Å²) in [7, 11) is -16.3. The highest BCUT2D eigenvalue weighted by molar-refractivity contribution is 7.86. The van der Waals surface area contributed by atoms with Crippen LogP contribution in [0.5, 0.6) is 5.75 Å². The Morgan fingerprint density at radius 1 is 0.708 bits per heavy atom. The number of carbonyl (C=O) groups excluding carboxylic acids is 1. The molecule has 0 bridgehead atoms. The summed E-state index contributed by atoms with van der Waals surface area (Å²) in [4.78, 5) is 35.7. The van der Waals surface area contributed by atoms with E-state index in [1.54, 1.807) is 39.9 Å². The van der Waals surface area contributed by atoms with Crippen LogP contribution in [0.3, 0.4) is 0 Å². The SMILES string of the molecule is CN1CCN(c2ccc3nc(-c4ccc5nc(-c6ccc(OCCNC(=O)CCCCC7(C)C(=CC=CC=CC8=[N+](CCCS(=O)(=O)[O-])c9ccc(S(=O)(=O)O)cc9C8(C)C)N(CCCS(=O)(=O)[O-])c8ccc(S(=O)(=O)O)cc87)cc6)[nH]c5c4)[nH]c3c2)CC1. The van der Waals surface area contributed by atoms with Crippen molar-refractivity contribution in [2.45, 2.75) is 79.9 Å². The van der Waals surface area contributed by atoms with Crippen molar-refractivity contribution in [2.24, 2.45) is 0 Å². The minimum Gasteiger partial charge on any atom is -0.748 e. The first kappa shape index (κ1) is 64.4. The van der Waals surface area contributed by atoms with E-state index in [9.17, 15) is 56.7 Å². The number of aromatic nitrogens is 4. The first-order chi connectivity index (χ1) is 42.0. The van der Waals surface area contributed by atoms with Gasteiger partial charge in [0, 0.05) is 108 Å². The van der Waals surface area contributed by atoms with Gasteiger partial charge >= 0.3 is 0 Å². The molecule has 472 valence electrons. The summed E-state index contributed by atoms with van der Waals surface area (Å²) in [6.45, 7) is 10.1. The third kappa shape index (κ3) is 15.0. The normalized spacial score (nSPS) is 17.9. The van der Waals surface area contributed by atoms with Gasteiger partial charge in [0.15, 0.2) is 5.71 Å². The van der Waals surface area contributed by atoms with Gasteiger partial charge in [0.1, 0.15) is 30.5 Å². The van der Waals surface area contributed by atoms with Crippen LogP contribution in [0.1, 0.15) is 70.4 Å². The third-order valence-corrected chi connectivity index (χ3v) is 20.0. The predicted octanol–water partition coefficient (Wildman–Crippen LogP) is 7.80. The Morgan fingerprint density at radius 2 is 1.33 bits per heavy atom. The van der Waals surface area contributed by atoms with Gasteiger partial charge in [-0.15, -0.1) is 0 Å².